The average molecular weight is 350 g/mol. The highest BCUT2D eigenvalue weighted by Gasteiger charge is 2.31. The Labute approximate surface area is 123 Å². The first-order chi connectivity index (χ1) is 9.40. The van der Waals surface area contributed by atoms with Crippen molar-refractivity contribution in [2.45, 2.75) is 12.7 Å². The van der Waals surface area contributed by atoms with E-state index >= 15 is 0 Å². The molecule has 0 saturated carbocycles. The minimum atomic E-state index is -4.20. The molecule has 0 unspecified atom stereocenters. The highest BCUT2D eigenvalue weighted by Crippen LogP contribution is 2.22. The van der Waals surface area contributed by atoms with E-state index in [0.717, 1.165) is 10.9 Å². The van der Waals surface area contributed by atoms with Gasteiger partial charge in [-0.25, -0.2) is 0 Å². The van der Waals surface area contributed by atoms with Gasteiger partial charge in [-0.3, -0.25) is 9.58 Å². The van der Waals surface area contributed by atoms with Gasteiger partial charge < -0.3 is 0 Å². The highest BCUT2D eigenvalue weighted by molar-refractivity contribution is 9.09. The largest absolute Gasteiger partial charge is 0.401 e. The van der Waals surface area contributed by atoms with E-state index < -0.39 is 12.7 Å². The first kappa shape index (κ1) is 15.3. The van der Waals surface area contributed by atoms with Gasteiger partial charge in [0.2, 0.25) is 0 Å². The lowest BCUT2D eigenvalue weighted by Crippen LogP contribution is -2.35. The normalized spacial score (nSPS) is 12.5. The molecule has 0 fully saturated rings. The monoisotopic (exact) mass is 349 g/mol. The third kappa shape index (κ3) is 3.73. The van der Waals surface area contributed by atoms with Crippen LogP contribution in [0.3, 0.4) is 0 Å². The molecule has 0 aliphatic heterocycles. The van der Waals surface area contributed by atoms with Crippen molar-refractivity contribution in [3.05, 3.63) is 30.0 Å². The lowest BCUT2D eigenvalue weighted by Gasteiger charge is -2.21. The number of nitrogens with zero attached hydrogens (tertiary/aromatic N) is 3. The third-order valence-corrected chi connectivity index (χ3v) is 3.37. The van der Waals surface area contributed by atoms with Crippen LogP contribution in [0.5, 0.6) is 0 Å². The average Bonchev–Trinajstić information content (AvgIpc) is 2.65. The van der Waals surface area contributed by atoms with E-state index in [0.29, 0.717) is 17.6 Å². The van der Waals surface area contributed by atoms with Crippen LogP contribution in [0.25, 0.3) is 10.9 Å². The van der Waals surface area contributed by atoms with Gasteiger partial charge in [0, 0.05) is 30.9 Å². The van der Waals surface area contributed by atoms with Gasteiger partial charge in [-0.15, -0.1) is 0 Å². The molecule has 0 amide bonds. The minimum Gasteiger partial charge on any atom is -0.288 e. The van der Waals surface area contributed by atoms with Gasteiger partial charge >= 0.3 is 6.18 Å². The van der Waals surface area contributed by atoms with Crippen LogP contribution in [0.2, 0.25) is 0 Å². The van der Waals surface area contributed by atoms with Crippen molar-refractivity contribution in [1.29, 1.82) is 0 Å². The van der Waals surface area contributed by atoms with Gasteiger partial charge in [-0.1, -0.05) is 34.1 Å². The Bertz CT molecular complexity index is 580. The maximum atomic E-state index is 12.6. The van der Waals surface area contributed by atoms with Gasteiger partial charge in [0.05, 0.1) is 17.8 Å². The van der Waals surface area contributed by atoms with E-state index in [1.54, 1.807) is 11.7 Å². The van der Waals surface area contributed by atoms with E-state index in [9.17, 15) is 13.2 Å². The molecule has 3 nitrogen and oxygen atoms in total. The smallest absolute Gasteiger partial charge is 0.288 e. The SMILES string of the molecule is Cn1nc(CN(CCBr)CC(F)(F)F)c2ccccc21. The van der Waals surface area contributed by atoms with Gasteiger partial charge in [-0.05, 0) is 6.07 Å². The number of hydrogen-bond acceptors (Lipinski definition) is 2. The molecule has 2 aromatic rings. The van der Waals surface area contributed by atoms with E-state index in [2.05, 4.69) is 21.0 Å². The summed E-state index contributed by atoms with van der Waals surface area (Å²) in [7, 11) is 1.80. The molecule has 20 heavy (non-hydrogen) atoms. The summed E-state index contributed by atoms with van der Waals surface area (Å²) in [6.07, 6.45) is -4.20. The number of halogens is 4. The van der Waals surface area contributed by atoms with Crippen molar-refractivity contribution < 1.29 is 13.2 Å². The molecule has 2 rings (SSSR count). The summed E-state index contributed by atoms with van der Waals surface area (Å²) in [4.78, 5) is 1.35. The first-order valence-electron chi connectivity index (χ1n) is 6.16. The first-order valence-corrected chi connectivity index (χ1v) is 7.28. The van der Waals surface area contributed by atoms with Crippen molar-refractivity contribution in [3.63, 3.8) is 0 Å². The summed E-state index contributed by atoms with van der Waals surface area (Å²) in [6, 6.07) is 7.55. The fourth-order valence-corrected chi connectivity index (χ4v) is 2.71. The Morgan fingerprint density at radius 1 is 1.30 bits per heavy atom. The lowest BCUT2D eigenvalue weighted by molar-refractivity contribution is -0.146. The number of alkyl halides is 4. The number of para-hydroxylation sites is 1. The molecule has 1 aromatic carbocycles. The molecule has 0 spiro atoms. The molecule has 1 heterocycles. The second-order valence-electron chi connectivity index (χ2n) is 4.60. The Kier molecular flexibility index (Phi) is 4.70. The van der Waals surface area contributed by atoms with Gasteiger partial charge in [-0.2, -0.15) is 18.3 Å². The summed E-state index contributed by atoms with van der Waals surface area (Å²) < 4.78 is 39.4. The number of hydrogen-bond donors (Lipinski definition) is 0. The highest BCUT2D eigenvalue weighted by atomic mass is 79.9. The fourth-order valence-electron chi connectivity index (χ4n) is 2.20. The number of rotatable bonds is 5. The second kappa shape index (κ2) is 6.13. The van der Waals surface area contributed by atoms with Crippen LogP contribution in [0.4, 0.5) is 13.2 Å². The van der Waals surface area contributed by atoms with Crippen LogP contribution >= 0.6 is 15.9 Å². The minimum absolute atomic E-state index is 0.187. The predicted molar refractivity (Wildman–Crippen MR) is 75.8 cm³/mol. The Balaban J connectivity index is 2.24. The summed E-state index contributed by atoms with van der Waals surface area (Å²) in [6.45, 7) is -0.416. The number of aromatic nitrogens is 2. The van der Waals surface area contributed by atoms with Crippen LogP contribution in [-0.4, -0.2) is 39.3 Å². The predicted octanol–water partition coefficient (Wildman–Crippen LogP) is 3.33. The molecule has 0 radical (unpaired) electrons. The Morgan fingerprint density at radius 2 is 2.00 bits per heavy atom. The van der Waals surface area contributed by atoms with Crippen molar-refractivity contribution in [1.82, 2.24) is 14.7 Å². The van der Waals surface area contributed by atoms with Crippen LogP contribution in [0.1, 0.15) is 5.69 Å². The van der Waals surface area contributed by atoms with E-state index in [1.165, 1.54) is 4.90 Å². The second-order valence-corrected chi connectivity index (χ2v) is 5.40. The molecule has 0 atom stereocenters. The van der Waals surface area contributed by atoms with E-state index in [4.69, 9.17) is 0 Å². The molecule has 0 aliphatic carbocycles. The Hall–Kier alpha value is -1.08. The van der Waals surface area contributed by atoms with Crippen molar-refractivity contribution >= 4 is 26.8 Å². The molecule has 0 saturated heterocycles. The van der Waals surface area contributed by atoms with Gasteiger partial charge in [0.1, 0.15) is 0 Å². The van der Waals surface area contributed by atoms with Crippen molar-refractivity contribution in [3.8, 4) is 0 Å². The third-order valence-electron chi connectivity index (χ3n) is 3.01. The van der Waals surface area contributed by atoms with Crippen molar-refractivity contribution in [2.75, 3.05) is 18.4 Å². The summed E-state index contributed by atoms with van der Waals surface area (Å²) in [5, 5.41) is 5.73. The number of fused-ring (bicyclic) bond motifs is 1. The zero-order chi connectivity index (χ0) is 14.8. The van der Waals surface area contributed by atoms with Crippen molar-refractivity contribution in [2.24, 2.45) is 7.05 Å². The van der Waals surface area contributed by atoms with Gasteiger partial charge in [0.25, 0.3) is 0 Å². The molecule has 1 aromatic heterocycles. The molecule has 110 valence electrons. The zero-order valence-corrected chi connectivity index (χ0v) is 12.6. The molecule has 0 N–H and O–H groups in total. The molecule has 0 aliphatic rings. The maximum Gasteiger partial charge on any atom is 0.401 e. The quantitative estimate of drug-likeness (QED) is 0.772. The summed E-state index contributed by atoms with van der Waals surface area (Å²) in [5.74, 6) is 0. The molecule has 0 bridgehead atoms. The number of aryl methyl sites for hydroxylation is 1. The van der Waals surface area contributed by atoms with Crippen LogP contribution < -0.4 is 0 Å². The lowest BCUT2D eigenvalue weighted by atomic mass is 10.2. The topological polar surface area (TPSA) is 21.1 Å². The summed E-state index contributed by atoms with van der Waals surface area (Å²) >= 11 is 3.19. The number of benzene rings is 1. The van der Waals surface area contributed by atoms with Crippen LogP contribution in [0.15, 0.2) is 24.3 Å². The van der Waals surface area contributed by atoms with Crippen LogP contribution in [0, 0.1) is 0 Å². The van der Waals surface area contributed by atoms with Gasteiger partial charge in [0.15, 0.2) is 0 Å². The fraction of sp³-hybridized carbons (Fsp3) is 0.462. The molecular weight excluding hydrogens is 335 g/mol. The summed E-state index contributed by atoms with van der Waals surface area (Å²) in [5.41, 5.74) is 1.60. The molecular formula is C13H15BrF3N3. The van der Waals surface area contributed by atoms with E-state index in [-0.39, 0.29) is 6.54 Å². The van der Waals surface area contributed by atoms with Crippen LogP contribution in [-0.2, 0) is 13.6 Å². The standard InChI is InChI=1S/C13H15BrF3N3/c1-19-12-5-3-2-4-10(12)11(18-19)8-20(7-6-14)9-13(15,16)17/h2-5H,6-9H2,1H3. The van der Waals surface area contributed by atoms with E-state index in [1.807, 2.05) is 24.3 Å². The zero-order valence-electron chi connectivity index (χ0n) is 11.0. The Morgan fingerprint density at radius 3 is 2.65 bits per heavy atom. The maximum absolute atomic E-state index is 12.6. The molecule has 7 heteroatoms.